The van der Waals surface area contributed by atoms with E-state index in [2.05, 4.69) is 20.5 Å². The Hall–Kier alpha value is -3.55. The second kappa shape index (κ2) is 7.36. The minimum Gasteiger partial charge on any atom is -0.463 e. The lowest BCUT2D eigenvalue weighted by atomic mass is 10.1. The van der Waals surface area contributed by atoms with Gasteiger partial charge >= 0.3 is 5.97 Å². The highest BCUT2D eigenvalue weighted by atomic mass is 16.5. The molecule has 0 bridgehead atoms. The molecule has 0 radical (unpaired) electrons. The minimum atomic E-state index is -0.465. The zero-order valence-electron chi connectivity index (χ0n) is 14.7. The molecule has 136 valence electrons. The smallest absolute Gasteiger partial charge is 0.339 e. The van der Waals surface area contributed by atoms with Crippen molar-refractivity contribution in [1.29, 1.82) is 0 Å². The van der Waals surface area contributed by atoms with Gasteiger partial charge in [-0.25, -0.2) is 14.5 Å². The summed E-state index contributed by atoms with van der Waals surface area (Å²) in [6, 6.07) is 12.7. The number of fused-ring (bicyclic) bond motifs is 1. The highest BCUT2D eigenvalue weighted by molar-refractivity contribution is 6.04. The molecule has 4 aromatic rings. The van der Waals surface area contributed by atoms with E-state index in [1.54, 1.807) is 29.1 Å². The standard InChI is InChI=1S/C19H17N5O3/c1-2-9-24-18(21-22-23-24)12-27-19(25)14-11-16(17-8-5-10-26-17)20-15-7-4-3-6-13(14)15/h3-8,10-11H,2,9,12H2,1H3. The molecule has 0 unspecified atom stereocenters. The molecule has 0 aliphatic rings. The quantitative estimate of drug-likeness (QED) is 0.485. The lowest BCUT2D eigenvalue weighted by Gasteiger charge is -2.09. The number of tetrazole rings is 1. The van der Waals surface area contributed by atoms with Crippen molar-refractivity contribution in [2.24, 2.45) is 0 Å². The number of furan rings is 1. The first-order valence-corrected chi connectivity index (χ1v) is 8.62. The topological polar surface area (TPSA) is 95.9 Å². The molecule has 3 heterocycles. The Morgan fingerprint density at radius 1 is 1.22 bits per heavy atom. The molecule has 0 amide bonds. The largest absolute Gasteiger partial charge is 0.463 e. The van der Waals surface area contributed by atoms with Crippen molar-refractivity contribution < 1.29 is 13.9 Å². The van der Waals surface area contributed by atoms with Gasteiger partial charge in [-0.15, -0.1) is 5.10 Å². The fourth-order valence-electron chi connectivity index (χ4n) is 2.81. The van der Waals surface area contributed by atoms with Gasteiger partial charge in [0.1, 0.15) is 5.69 Å². The number of para-hydroxylation sites is 1. The van der Waals surface area contributed by atoms with E-state index in [9.17, 15) is 4.79 Å². The summed E-state index contributed by atoms with van der Waals surface area (Å²) in [6.45, 7) is 2.69. The number of hydrogen-bond donors (Lipinski definition) is 0. The van der Waals surface area contributed by atoms with Crippen LogP contribution in [-0.2, 0) is 17.9 Å². The summed E-state index contributed by atoms with van der Waals surface area (Å²) in [4.78, 5) is 17.4. The highest BCUT2D eigenvalue weighted by Gasteiger charge is 2.17. The van der Waals surface area contributed by atoms with Crippen LogP contribution in [0.3, 0.4) is 0 Å². The zero-order valence-corrected chi connectivity index (χ0v) is 14.7. The maximum Gasteiger partial charge on any atom is 0.339 e. The summed E-state index contributed by atoms with van der Waals surface area (Å²) >= 11 is 0. The molecular weight excluding hydrogens is 346 g/mol. The number of nitrogens with zero attached hydrogens (tertiary/aromatic N) is 5. The third-order valence-corrected chi connectivity index (χ3v) is 4.08. The Morgan fingerprint density at radius 2 is 2.11 bits per heavy atom. The number of carbonyl (C=O) groups is 1. The third-order valence-electron chi connectivity index (χ3n) is 4.08. The third kappa shape index (κ3) is 3.41. The highest BCUT2D eigenvalue weighted by Crippen LogP contribution is 2.25. The van der Waals surface area contributed by atoms with E-state index in [0.717, 1.165) is 6.42 Å². The number of esters is 1. The molecule has 4 rings (SSSR count). The van der Waals surface area contributed by atoms with Gasteiger partial charge in [-0.1, -0.05) is 25.1 Å². The maximum atomic E-state index is 12.8. The van der Waals surface area contributed by atoms with E-state index in [0.29, 0.717) is 40.3 Å². The van der Waals surface area contributed by atoms with E-state index in [1.807, 2.05) is 31.2 Å². The molecule has 0 aliphatic heterocycles. The Kier molecular flexibility index (Phi) is 4.61. The van der Waals surface area contributed by atoms with Gasteiger partial charge in [-0.3, -0.25) is 0 Å². The average molecular weight is 363 g/mol. The molecule has 0 fully saturated rings. The Morgan fingerprint density at radius 3 is 2.93 bits per heavy atom. The SMILES string of the molecule is CCCn1nnnc1COC(=O)c1cc(-c2ccco2)nc2ccccc12. The summed E-state index contributed by atoms with van der Waals surface area (Å²) in [6.07, 6.45) is 2.45. The molecule has 3 aromatic heterocycles. The minimum absolute atomic E-state index is 0.00142. The van der Waals surface area contributed by atoms with Crippen LogP contribution in [0.1, 0.15) is 29.5 Å². The molecule has 0 saturated carbocycles. The van der Waals surface area contributed by atoms with Gasteiger partial charge in [-0.05, 0) is 41.1 Å². The van der Waals surface area contributed by atoms with Crippen molar-refractivity contribution in [2.45, 2.75) is 26.5 Å². The predicted octanol–water partition coefficient (Wildman–Crippen LogP) is 3.25. The van der Waals surface area contributed by atoms with Crippen LogP contribution in [0, 0.1) is 0 Å². The van der Waals surface area contributed by atoms with Gasteiger partial charge in [0.15, 0.2) is 18.2 Å². The maximum absolute atomic E-state index is 12.8. The predicted molar refractivity (Wildman–Crippen MR) is 96.7 cm³/mol. The number of hydrogen-bond acceptors (Lipinski definition) is 7. The van der Waals surface area contributed by atoms with Crippen LogP contribution in [0.15, 0.2) is 53.1 Å². The first-order valence-electron chi connectivity index (χ1n) is 8.62. The van der Waals surface area contributed by atoms with E-state index in [1.165, 1.54) is 0 Å². The number of benzene rings is 1. The lowest BCUT2D eigenvalue weighted by molar-refractivity contribution is 0.0458. The second-order valence-electron chi connectivity index (χ2n) is 5.94. The summed E-state index contributed by atoms with van der Waals surface area (Å²) in [5.74, 6) is 0.629. The average Bonchev–Trinajstić information content (AvgIpc) is 3.38. The van der Waals surface area contributed by atoms with Crippen LogP contribution in [0.5, 0.6) is 0 Å². The molecule has 1 aromatic carbocycles. The van der Waals surface area contributed by atoms with Crippen LogP contribution in [0.25, 0.3) is 22.4 Å². The van der Waals surface area contributed by atoms with Gasteiger partial charge in [0.2, 0.25) is 0 Å². The molecule has 0 atom stereocenters. The van der Waals surface area contributed by atoms with Crippen LogP contribution in [0.4, 0.5) is 0 Å². The summed E-state index contributed by atoms with van der Waals surface area (Å²) in [5, 5.41) is 12.2. The number of ether oxygens (including phenoxy) is 1. The van der Waals surface area contributed by atoms with Crippen molar-refractivity contribution in [1.82, 2.24) is 25.2 Å². The first-order chi connectivity index (χ1) is 13.3. The van der Waals surface area contributed by atoms with Crippen LogP contribution in [-0.4, -0.2) is 31.2 Å². The molecular formula is C19H17N5O3. The van der Waals surface area contributed by atoms with Gasteiger partial charge < -0.3 is 9.15 Å². The monoisotopic (exact) mass is 363 g/mol. The van der Waals surface area contributed by atoms with Gasteiger partial charge in [-0.2, -0.15) is 0 Å². The Bertz CT molecular complexity index is 1070. The van der Waals surface area contributed by atoms with Gasteiger partial charge in [0.25, 0.3) is 0 Å². The van der Waals surface area contributed by atoms with E-state index < -0.39 is 5.97 Å². The summed E-state index contributed by atoms with van der Waals surface area (Å²) in [5.41, 5.74) is 1.68. The van der Waals surface area contributed by atoms with Crippen molar-refractivity contribution in [3.63, 3.8) is 0 Å². The Labute approximate surface area is 154 Å². The number of rotatable bonds is 6. The molecule has 0 saturated heterocycles. The summed E-state index contributed by atoms with van der Waals surface area (Å²) < 4.78 is 12.5. The van der Waals surface area contributed by atoms with Gasteiger partial charge in [0, 0.05) is 11.9 Å². The van der Waals surface area contributed by atoms with Crippen LogP contribution >= 0.6 is 0 Å². The lowest BCUT2D eigenvalue weighted by Crippen LogP contribution is -2.11. The van der Waals surface area contributed by atoms with E-state index in [4.69, 9.17) is 9.15 Å². The van der Waals surface area contributed by atoms with Crippen LogP contribution in [0.2, 0.25) is 0 Å². The number of pyridine rings is 1. The Balaban J connectivity index is 1.65. The van der Waals surface area contributed by atoms with Crippen molar-refractivity contribution >= 4 is 16.9 Å². The van der Waals surface area contributed by atoms with E-state index >= 15 is 0 Å². The van der Waals surface area contributed by atoms with Crippen LogP contribution < -0.4 is 0 Å². The molecule has 8 heteroatoms. The van der Waals surface area contributed by atoms with Gasteiger partial charge in [0.05, 0.1) is 17.3 Å². The van der Waals surface area contributed by atoms with Crippen molar-refractivity contribution in [2.75, 3.05) is 0 Å². The molecule has 0 N–H and O–H groups in total. The number of aromatic nitrogens is 5. The zero-order chi connectivity index (χ0) is 18.6. The molecule has 0 spiro atoms. The second-order valence-corrected chi connectivity index (χ2v) is 5.94. The molecule has 8 nitrogen and oxygen atoms in total. The molecule has 27 heavy (non-hydrogen) atoms. The summed E-state index contributed by atoms with van der Waals surface area (Å²) in [7, 11) is 0. The van der Waals surface area contributed by atoms with Crippen molar-refractivity contribution in [3.05, 3.63) is 60.1 Å². The number of carbonyl (C=O) groups excluding carboxylic acids is 1. The number of aryl methyl sites for hydroxylation is 1. The fraction of sp³-hybridized carbons (Fsp3) is 0.211. The normalized spacial score (nSPS) is 11.0. The van der Waals surface area contributed by atoms with E-state index in [-0.39, 0.29) is 6.61 Å². The van der Waals surface area contributed by atoms with Crippen molar-refractivity contribution in [3.8, 4) is 11.5 Å². The first kappa shape index (κ1) is 16.9. The fourth-order valence-corrected chi connectivity index (χ4v) is 2.81. The molecule has 0 aliphatic carbocycles.